The summed E-state index contributed by atoms with van der Waals surface area (Å²) in [4.78, 5) is 37.8. The highest BCUT2D eigenvalue weighted by molar-refractivity contribution is 9.10. The van der Waals surface area contributed by atoms with Crippen LogP contribution in [0.4, 0.5) is 5.69 Å². The van der Waals surface area contributed by atoms with E-state index in [0.717, 1.165) is 4.90 Å². The Morgan fingerprint density at radius 3 is 2.52 bits per heavy atom. The van der Waals surface area contributed by atoms with Crippen molar-refractivity contribution >= 4 is 62.8 Å². The van der Waals surface area contributed by atoms with E-state index in [2.05, 4.69) is 21.2 Å². The summed E-state index contributed by atoms with van der Waals surface area (Å²) in [6.45, 7) is 2.27. The van der Waals surface area contributed by atoms with E-state index < -0.39 is 17.8 Å². The van der Waals surface area contributed by atoms with Gasteiger partial charge in [-0.25, -0.2) is 4.79 Å². The van der Waals surface area contributed by atoms with Crippen LogP contribution in [-0.4, -0.2) is 41.7 Å². The quantitative estimate of drug-likeness (QED) is 0.352. The van der Waals surface area contributed by atoms with Gasteiger partial charge in [0.2, 0.25) is 0 Å². The number of benzene rings is 2. The van der Waals surface area contributed by atoms with Gasteiger partial charge < -0.3 is 14.6 Å². The Morgan fingerprint density at radius 1 is 1.26 bits per heavy atom. The van der Waals surface area contributed by atoms with Crippen LogP contribution in [-0.2, 0) is 9.59 Å². The number of halogens is 1. The fraction of sp³-hybridized carbons (Fsp3) is 0.143. The van der Waals surface area contributed by atoms with E-state index in [1.54, 1.807) is 12.1 Å². The number of carboxylic acids is 1. The van der Waals surface area contributed by atoms with E-state index in [1.807, 2.05) is 6.92 Å². The molecule has 0 saturated carbocycles. The van der Waals surface area contributed by atoms with Gasteiger partial charge >= 0.3 is 5.97 Å². The van der Waals surface area contributed by atoms with Crippen LogP contribution >= 0.6 is 28.1 Å². The van der Waals surface area contributed by atoms with Gasteiger partial charge in [0.25, 0.3) is 11.8 Å². The highest BCUT2D eigenvalue weighted by Crippen LogP contribution is 2.37. The lowest BCUT2D eigenvalue weighted by Crippen LogP contribution is -2.54. The lowest BCUT2D eigenvalue weighted by Gasteiger charge is -2.29. The van der Waals surface area contributed by atoms with Gasteiger partial charge in [-0.05, 0) is 83.1 Å². The maximum absolute atomic E-state index is 13.1. The Labute approximate surface area is 191 Å². The minimum Gasteiger partial charge on any atom is -0.493 e. The van der Waals surface area contributed by atoms with Gasteiger partial charge in [0.05, 0.1) is 29.4 Å². The summed E-state index contributed by atoms with van der Waals surface area (Å²) in [6.07, 6.45) is 1.42. The molecule has 2 aromatic rings. The lowest BCUT2D eigenvalue weighted by molar-refractivity contribution is -0.122. The molecule has 160 valence electrons. The van der Waals surface area contributed by atoms with Crippen molar-refractivity contribution in [3.8, 4) is 11.5 Å². The third-order valence-electron chi connectivity index (χ3n) is 4.33. The molecule has 1 aliphatic heterocycles. The molecular weight excluding hydrogens is 488 g/mol. The highest BCUT2D eigenvalue weighted by Gasteiger charge is 2.34. The van der Waals surface area contributed by atoms with Crippen molar-refractivity contribution < 1.29 is 29.0 Å². The van der Waals surface area contributed by atoms with Crippen LogP contribution in [0.15, 0.2) is 46.4 Å². The number of carboxylic acid groups (broad SMARTS) is 1. The zero-order valence-electron chi connectivity index (χ0n) is 16.5. The molecule has 0 spiro atoms. The zero-order chi connectivity index (χ0) is 22.7. The molecule has 0 bridgehead atoms. The molecule has 1 heterocycles. The average Bonchev–Trinajstić information content (AvgIpc) is 2.73. The van der Waals surface area contributed by atoms with Crippen LogP contribution < -0.4 is 19.7 Å². The Kier molecular flexibility index (Phi) is 6.71. The first kappa shape index (κ1) is 22.4. The lowest BCUT2D eigenvalue weighted by atomic mass is 10.1. The second-order valence-corrected chi connectivity index (χ2v) is 7.52. The predicted molar refractivity (Wildman–Crippen MR) is 121 cm³/mol. The summed E-state index contributed by atoms with van der Waals surface area (Å²) in [7, 11) is 1.49. The fourth-order valence-corrected chi connectivity index (χ4v) is 3.77. The van der Waals surface area contributed by atoms with Crippen molar-refractivity contribution in [1.82, 2.24) is 5.32 Å². The molecule has 0 unspecified atom stereocenters. The highest BCUT2D eigenvalue weighted by atomic mass is 79.9. The number of rotatable bonds is 6. The van der Waals surface area contributed by atoms with Crippen LogP contribution in [0.2, 0.25) is 0 Å². The average molecular weight is 505 g/mol. The Morgan fingerprint density at radius 2 is 1.94 bits per heavy atom. The van der Waals surface area contributed by atoms with E-state index in [4.69, 9.17) is 26.8 Å². The molecule has 1 saturated heterocycles. The number of anilines is 1. The standard InChI is InChI=1S/C21H17BrN2O6S/c1-3-30-17-15(22)9-11(10-16(17)29-2)8-14-18(25)23-21(31)24(19(14)26)13-6-4-12(5-7-13)20(27)28/h4-10H,3H2,1-2H3,(H,27,28)(H,23,25,31)/b14-8+. The number of aromatic carboxylic acids is 1. The number of amides is 2. The maximum atomic E-state index is 13.1. The van der Waals surface area contributed by atoms with Crippen molar-refractivity contribution in [2.24, 2.45) is 0 Å². The fourth-order valence-electron chi connectivity index (χ4n) is 2.92. The van der Waals surface area contributed by atoms with Gasteiger partial charge in [0.15, 0.2) is 16.6 Å². The normalized spacial score (nSPS) is 15.1. The van der Waals surface area contributed by atoms with E-state index in [-0.39, 0.29) is 16.2 Å². The number of nitrogens with one attached hydrogen (secondary N) is 1. The number of hydrogen-bond acceptors (Lipinski definition) is 6. The van der Waals surface area contributed by atoms with Gasteiger partial charge in [0.1, 0.15) is 5.57 Å². The number of nitrogens with zero attached hydrogens (tertiary/aromatic N) is 1. The monoisotopic (exact) mass is 504 g/mol. The van der Waals surface area contributed by atoms with Gasteiger partial charge in [-0.2, -0.15) is 0 Å². The molecule has 1 fully saturated rings. The number of ether oxygens (including phenoxy) is 2. The van der Waals surface area contributed by atoms with Crippen molar-refractivity contribution in [3.63, 3.8) is 0 Å². The van der Waals surface area contributed by atoms with Crippen molar-refractivity contribution in [1.29, 1.82) is 0 Å². The van der Waals surface area contributed by atoms with E-state index in [9.17, 15) is 14.4 Å². The Balaban J connectivity index is 2.01. The van der Waals surface area contributed by atoms with Crippen LogP contribution in [0, 0.1) is 0 Å². The van der Waals surface area contributed by atoms with Gasteiger partial charge in [0, 0.05) is 0 Å². The van der Waals surface area contributed by atoms with E-state index in [1.165, 1.54) is 37.5 Å². The van der Waals surface area contributed by atoms with Crippen molar-refractivity contribution in [2.45, 2.75) is 6.92 Å². The van der Waals surface area contributed by atoms with Gasteiger partial charge in [-0.15, -0.1) is 0 Å². The third kappa shape index (κ3) is 4.59. The molecule has 8 nitrogen and oxygen atoms in total. The predicted octanol–water partition coefficient (Wildman–Crippen LogP) is 3.39. The summed E-state index contributed by atoms with van der Waals surface area (Å²) < 4.78 is 11.5. The van der Waals surface area contributed by atoms with Crippen LogP contribution in [0.3, 0.4) is 0 Å². The third-order valence-corrected chi connectivity index (χ3v) is 5.20. The smallest absolute Gasteiger partial charge is 0.335 e. The number of hydrogen-bond donors (Lipinski definition) is 2. The second kappa shape index (κ2) is 9.27. The molecule has 0 aromatic heterocycles. The first-order valence-corrected chi connectivity index (χ1v) is 10.2. The summed E-state index contributed by atoms with van der Waals surface area (Å²) in [5.41, 5.74) is 0.773. The number of thiocarbonyl (C=S) groups is 1. The summed E-state index contributed by atoms with van der Waals surface area (Å²) in [5, 5.41) is 11.4. The zero-order valence-corrected chi connectivity index (χ0v) is 18.9. The number of methoxy groups -OCH3 is 1. The summed E-state index contributed by atoms with van der Waals surface area (Å²) >= 11 is 8.57. The largest absolute Gasteiger partial charge is 0.493 e. The van der Waals surface area contributed by atoms with Crippen molar-refractivity contribution in [2.75, 3.05) is 18.6 Å². The second-order valence-electron chi connectivity index (χ2n) is 6.28. The minimum absolute atomic E-state index is 0.0604. The SMILES string of the molecule is CCOc1c(Br)cc(/C=C2\C(=O)NC(=S)N(c3ccc(C(=O)O)cc3)C2=O)cc1OC. The molecule has 10 heteroatoms. The topological polar surface area (TPSA) is 105 Å². The molecule has 0 aliphatic carbocycles. The van der Waals surface area contributed by atoms with Crippen LogP contribution in [0.5, 0.6) is 11.5 Å². The van der Waals surface area contributed by atoms with Gasteiger partial charge in [-0.1, -0.05) is 0 Å². The number of carbonyl (C=O) groups excluding carboxylic acids is 2. The Bertz CT molecular complexity index is 1110. The Hall–Kier alpha value is -3.24. The minimum atomic E-state index is -1.09. The molecule has 2 amide bonds. The molecule has 31 heavy (non-hydrogen) atoms. The molecule has 1 aliphatic rings. The summed E-state index contributed by atoms with van der Waals surface area (Å²) in [6, 6.07) is 8.92. The summed E-state index contributed by atoms with van der Waals surface area (Å²) in [5.74, 6) is -1.43. The van der Waals surface area contributed by atoms with Crippen molar-refractivity contribution in [3.05, 3.63) is 57.6 Å². The molecule has 0 atom stereocenters. The van der Waals surface area contributed by atoms with E-state index >= 15 is 0 Å². The maximum Gasteiger partial charge on any atom is 0.335 e. The molecule has 2 N–H and O–H groups in total. The molecule has 2 aromatic carbocycles. The first-order chi connectivity index (χ1) is 14.8. The molecule has 3 rings (SSSR count). The van der Waals surface area contributed by atoms with E-state index in [0.29, 0.717) is 33.8 Å². The molecule has 0 radical (unpaired) electrons. The number of carbonyl (C=O) groups is 3. The van der Waals surface area contributed by atoms with Crippen LogP contribution in [0.1, 0.15) is 22.8 Å². The van der Waals surface area contributed by atoms with Gasteiger partial charge in [-0.3, -0.25) is 19.8 Å². The molecular formula is C21H17BrN2O6S. The van der Waals surface area contributed by atoms with Crippen LogP contribution in [0.25, 0.3) is 6.08 Å². The first-order valence-electron chi connectivity index (χ1n) is 9.02.